The van der Waals surface area contributed by atoms with Crippen molar-refractivity contribution in [2.24, 2.45) is 0 Å². The molecule has 254 valence electrons. The van der Waals surface area contributed by atoms with Gasteiger partial charge in [-0.05, 0) is 30.3 Å². The molecule has 3 aromatic heterocycles. The molecule has 9 rings (SSSR count). The minimum atomic E-state index is -1.10. The molecule has 0 aliphatic heterocycles. The van der Waals surface area contributed by atoms with Gasteiger partial charge in [0.1, 0.15) is 11.0 Å². The number of aromatic nitrogens is 4. The molecule has 0 saturated carbocycles. The van der Waals surface area contributed by atoms with Gasteiger partial charge in [-0.3, -0.25) is 0 Å². The number of hydrogen-bond donors (Lipinski definition) is 8. The van der Waals surface area contributed by atoms with Crippen LogP contribution in [0.5, 0.6) is 46.0 Å². The lowest BCUT2D eigenvalue weighted by Crippen LogP contribution is -2.00. The van der Waals surface area contributed by atoms with E-state index in [1.807, 2.05) is 84.9 Å². The molecule has 0 spiro atoms. The molecule has 9 aromatic rings. The molecule has 0 fully saturated rings. The molecule has 0 saturated heterocycles. The number of aromatic hydroxyl groups is 8. The van der Waals surface area contributed by atoms with Gasteiger partial charge in [0.05, 0.1) is 16.5 Å². The van der Waals surface area contributed by atoms with E-state index in [-0.39, 0.29) is 16.7 Å². The maximum absolute atomic E-state index is 11.2. The highest BCUT2D eigenvalue weighted by Crippen LogP contribution is 2.59. The summed E-state index contributed by atoms with van der Waals surface area (Å²) >= 11 is 1.44. The van der Waals surface area contributed by atoms with Gasteiger partial charge in [0.2, 0.25) is 23.0 Å². The molecule has 0 radical (unpaired) electrons. The molecule has 12 nitrogen and oxygen atoms in total. The molecular formula is C39H24N4O8S. The monoisotopic (exact) mass is 708 g/mol. The molecule has 8 N–H and O–H groups in total. The zero-order valence-electron chi connectivity index (χ0n) is 26.5. The Morgan fingerprint density at radius 3 is 1.40 bits per heavy atom. The standard InChI is InChI=1S/C39H24N4O8S/c44-29-25-26-28(32(47)36(51)34(49)30(26)45)43(27(25)31(46)35(50)33(29)48)21-12-7-13-23-24(21)20-16-19(14-15-22(20)52-23)39-41-37(17-8-3-1-4-9-17)40-38(42-39)18-10-5-2-6-11-18/h1-16,44-51H. The number of hydrogen-bond acceptors (Lipinski definition) is 12. The Balaban J connectivity index is 1.37. The highest BCUT2D eigenvalue weighted by Gasteiger charge is 2.32. The Morgan fingerprint density at radius 2 is 0.885 bits per heavy atom. The van der Waals surface area contributed by atoms with Gasteiger partial charge in [0.15, 0.2) is 40.5 Å². The van der Waals surface area contributed by atoms with Crippen LogP contribution in [0.4, 0.5) is 0 Å². The Labute approximate surface area is 295 Å². The number of benzene rings is 6. The topological polar surface area (TPSA) is 205 Å². The second kappa shape index (κ2) is 11.1. The molecule has 0 aliphatic carbocycles. The average Bonchev–Trinajstić information content (AvgIpc) is 3.75. The minimum Gasteiger partial charge on any atom is -0.504 e. The van der Waals surface area contributed by atoms with E-state index in [0.717, 1.165) is 20.5 Å². The molecule has 13 heteroatoms. The molecule has 0 bridgehead atoms. The van der Waals surface area contributed by atoms with E-state index in [9.17, 15) is 40.9 Å². The summed E-state index contributed by atoms with van der Waals surface area (Å²) in [6.07, 6.45) is 0. The molecule has 52 heavy (non-hydrogen) atoms. The van der Waals surface area contributed by atoms with Gasteiger partial charge in [-0.15, -0.1) is 11.3 Å². The third-order valence-electron chi connectivity index (χ3n) is 9.11. The largest absolute Gasteiger partial charge is 0.504 e. The summed E-state index contributed by atoms with van der Waals surface area (Å²) in [5.74, 6) is -6.67. The SMILES string of the molecule is Oc1c(O)c(O)c2c(c1O)c1c(O)c(O)c(O)c(O)c1n2-c1cccc2sc3ccc(-c4nc(-c5ccccc5)nc(-c5ccccc5)n4)cc3c12. The molecule has 0 atom stereocenters. The van der Waals surface area contributed by atoms with Crippen LogP contribution in [0.25, 0.3) is 81.8 Å². The number of thiophene rings is 1. The first-order valence-corrected chi connectivity index (χ1v) is 16.6. The van der Waals surface area contributed by atoms with Crippen molar-refractivity contribution < 1.29 is 40.9 Å². The van der Waals surface area contributed by atoms with Crippen molar-refractivity contribution in [2.75, 3.05) is 0 Å². The summed E-state index contributed by atoms with van der Waals surface area (Å²) in [4.78, 5) is 14.5. The first kappa shape index (κ1) is 30.8. The van der Waals surface area contributed by atoms with Gasteiger partial charge in [0, 0.05) is 36.9 Å². The predicted octanol–water partition coefficient (Wildman–Crippen LogP) is 7.98. The molecule has 0 aliphatic rings. The molecule has 0 amide bonds. The predicted molar refractivity (Wildman–Crippen MR) is 197 cm³/mol. The van der Waals surface area contributed by atoms with E-state index >= 15 is 0 Å². The lowest BCUT2D eigenvalue weighted by molar-refractivity contribution is 0.350. The number of nitrogens with zero attached hydrogens (tertiary/aromatic N) is 4. The second-order valence-corrected chi connectivity index (χ2v) is 13.2. The fourth-order valence-electron chi connectivity index (χ4n) is 6.70. The van der Waals surface area contributed by atoms with Crippen LogP contribution in [-0.4, -0.2) is 60.4 Å². The van der Waals surface area contributed by atoms with Gasteiger partial charge in [-0.1, -0.05) is 66.7 Å². The van der Waals surface area contributed by atoms with E-state index in [0.29, 0.717) is 33.8 Å². The Hall–Kier alpha value is -7.25. The van der Waals surface area contributed by atoms with Gasteiger partial charge < -0.3 is 45.4 Å². The van der Waals surface area contributed by atoms with Crippen molar-refractivity contribution in [2.45, 2.75) is 0 Å². The normalized spacial score (nSPS) is 11.7. The maximum atomic E-state index is 11.2. The number of fused-ring (bicyclic) bond motifs is 6. The summed E-state index contributed by atoms with van der Waals surface area (Å²) in [5, 5.41) is 87.2. The quantitative estimate of drug-likeness (QED) is 0.0650. The van der Waals surface area contributed by atoms with Crippen LogP contribution in [0.1, 0.15) is 0 Å². The second-order valence-electron chi connectivity index (χ2n) is 12.1. The van der Waals surface area contributed by atoms with Crippen LogP contribution in [0.3, 0.4) is 0 Å². The van der Waals surface area contributed by atoms with E-state index < -0.39 is 56.8 Å². The number of rotatable bonds is 4. The lowest BCUT2D eigenvalue weighted by Gasteiger charge is -2.14. The van der Waals surface area contributed by atoms with Crippen LogP contribution in [0.15, 0.2) is 97.1 Å². The van der Waals surface area contributed by atoms with Crippen LogP contribution >= 0.6 is 11.3 Å². The Bertz CT molecular complexity index is 2810. The number of phenolic OH excluding ortho intramolecular Hbond substituents is 8. The fraction of sp³-hybridized carbons (Fsp3) is 0. The summed E-state index contributed by atoms with van der Waals surface area (Å²) in [5.41, 5.74) is 1.86. The van der Waals surface area contributed by atoms with Crippen molar-refractivity contribution in [1.82, 2.24) is 19.5 Å². The van der Waals surface area contributed by atoms with Crippen molar-refractivity contribution in [3.05, 3.63) is 97.1 Å². The summed E-state index contributed by atoms with van der Waals surface area (Å²) in [7, 11) is 0. The van der Waals surface area contributed by atoms with Crippen molar-refractivity contribution >= 4 is 53.3 Å². The first-order chi connectivity index (χ1) is 25.1. The Morgan fingerprint density at radius 1 is 0.404 bits per heavy atom. The van der Waals surface area contributed by atoms with E-state index in [1.165, 1.54) is 15.9 Å². The van der Waals surface area contributed by atoms with E-state index in [4.69, 9.17) is 15.0 Å². The summed E-state index contributed by atoms with van der Waals surface area (Å²) in [6.45, 7) is 0. The summed E-state index contributed by atoms with van der Waals surface area (Å²) in [6, 6.07) is 30.0. The smallest absolute Gasteiger partial charge is 0.206 e. The summed E-state index contributed by atoms with van der Waals surface area (Å²) < 4.78 is 2.83. The molecule has 0 unspecified atom stereocenters. The minimum absolute atomic E-state index is 0.283. The van der Waals surface area contributed by atoms with Crippen LogP contribution < -0.4 is 0 Å². The van der Waals surface area contributed by atoms with Crippen LogP contribution in [0.2, 0.25) is 0 Å². The Kier molecular flexibility index (Phi) is 6.59. The van der Waals surface area contributed by atoms with Gasteiger partial charge >= 0.3 is 0 Å². The van der Waals surface area contributed by atoms with Crippen molar-refractivity contribution in [1.29, 1.82) is 0 Å². The van der Waals surface area contributed by atoms with Crippen LogP contribution in [0, 0.1) is 0 Å². The molecule has 3 heterocycles. The van der Waals surface area contributed by atoms with Gasteiger partial charge in [-0.2, -0.15) is 0 Å². The van der Waals surface area contributed by atoms with E-state index in [1.54, 1.807) is 12.1 Å². The zero-order chi connectivity index (χ0) is 36.0. The lowest BCUT2D eigenvalue weighted by atomic mass is 10.1. The fourth-order valence-corrected chi connectivity index (χ4v) is 7.81. The van der Waals surface area contributed by atoms with E-state index in [2.05, 4.69) is 0 Å². The van der Waals surface area contributed by atoms with Gasteiger partial charge in [-0.25, -0.2) is 15.0 Å². The van der Waals surface area contributed by atoms with Gasteiger partial charge in [0.25, 0.3) is 0 Å². The van der Waals surface area contributed by atoms with Crippen LogP contribution in [-0.2, 0) is 0 Å². The third kappa shape index (κ3) is 4.29. The number of phenols is 8. The highest BCUT2D eigenvalue weighted by atomic mass is 32.1. The van der Waals surface area contributed by atoms with Crippen molar-refractivity contribution in [3.8, 4) is 85.8 Å². The first-order valence-electron chi connectivity index (χ1n) is 15.8. The highest BCUT2D eigenvalue weighted by molar-refractivity contribution is 7.25. The molecular weight excluding hydrogens is 685 g/mol. The third-order valence-corrected chi connectivity index (χ3v) is 10.2. The zero-order valence-corrected chi connectivity index (χ0v) is 27.3. The average molecular weight is 709 g/mol. The van der Waals surface area contributed by atoms with Crippen molar-refractivity contribution in [3.63, 3.8) is 0 Å². The molecule has 6 aromatic carbocycles. The maximum Gasteiger partial charge on any atom is 0.206 e.